The van der Waals surface area contributed by atoms with Gasteiger partial charge in [0.2, 0.25) is 11.8 Å². The van der Waals surface area contributed by atoms with Crippen molar-refractivity contribution in [1.29, 1.82) is 0 Å². The zero-order valence-corrected chi connectivity index (χ0v) is 11.2. The Hall–Kier alpha value is -1.06. The van der Waals surface area contributed by atoms with E-state index >= 15 is 0 Å². The Balaban J connectivity index is 2.51. The first-order valence-electron chi connectivity index (χ1n) is 6.65. The van der Waals surface area contributed by atoms with E-state index < -0.39 is 0 Å². The molecule has 0 aliphatic heterocycles. The number of amides is 2. The van der Waals surface area contributed by atoms with Crippen molar-refractivity contribution in [1.82, 2.24) is 9.80 Å². The van der Waals surface area contributed by atoms with Crippen LogP contribution in [0, 0.1) is 0 Å². The monoisotopic (exact) mass is 240 g/mol. The maximum Gasteiger partial charge on any atom is 0.242 e. The molecular formula is C13H24N2O2. The van der Waals surface area contributed by atoms with Gasteiger partial charge in [-0.05, 0) is 25.7 Å². The van der Waals surface area contributed by atoms with E-state index in [0.29, 0.717) is 6.04 Å². The van der Waals surface area contributed by atoms with E-state index in [1.807, 2.05) is 4.90 Å². The summed E-state index contributed by atoms with van der Waals surface area (Å²) < 4.78 is 0. The minimum Gasteiger partial charge on any atom is -0.341 e. The molecule has 0 unspecified atom stereocenters. The molecule has 1 rings (SSSR count). The average Bonchev–Trinajstić information content (AvgIpc) is 3.08. The highest BCUT2D eigenvalue weighted by atomic mass is 16.2. The maximum absolute atomic E-state index is 12.1. The number of carbonyl (C=O) groups excluding carboxylic acids is 2. The van der Waals surface area contributed by atoms with Gasteiger partial charge in [-0.3, -0.25) is 9.59 Å². The molecule has 2 amide bonds. The lowest BCUT2D eigenvalue weighted by Gasteiger charge is -2.26. The second-order valence-corrected chi connectivity index (χ2v) is 4.76. The summed E-state index contributed by atoms with van der Waals surface area (Å²) in [5.74, 6) is 0.115. The van der Waals surface area contributed by atoms with Crippen molar-refractivity contribution in [2.45, 2.75) is 52.5 Å². The van der Waals surface area contributed by atoms with Crippen LogP contribution >= 0.6 is 0 Å². The number of hydrogen-bond donors (Lipinski definition) is 0. The van der Waals surface area contributed by atoms with E-state index in [-0.39, 0.29) is 18.4 Å². The molecule has 1 saturated carbocycles. The van der Waals surface area contributed by atoms with Gasteiger partial charge in [-0.2, -0.15) is 0 Å². The van der Waals surface area contributed by atoms with Gasteiger partial charge >= 0.3 is 0 Å². The molecule has 0 spiro atoms. The van der Waals surface area contributed by atoms with Crippen molar-refractivity contribution in [3.8, 4) is 0 Å². The first-order valence-corrected chi connectivity index (χ1v) is 6.65. The molecule has 17 heavy (non-hydrogen) atoms. The van der Waals surface area contributed by atoms with Crippen molar-refractivity contribution in [3.63, 3.8) is 0 Å². The highest BCUT2D eigenvalue weighted by Gasteiger charge is 2.32. The quantitative estimate of drug-likeness (QED) is 0.679. The molecule has 0 heterocycles. The summed E-state index contributed by atoms with van der Waals surface area (Å²) >= 11 is 0. The number of nitrogens with zero attached hydrogens (tertiary/aromatic N) is 2. The van der Waals surface area contributed by atoms with E-state index in [4.69, 9.17) is 0 Å². The minimum atomic E-state index is 0.0220. The van der Waals surface area contributed by atoms with Gasteiger partial charge in [0.05, 0.1) is 6.54 Å². The molecule has 1 fully saturated rings. The van der Waals surface area contributed by atoms with Gasteiger partial charge in [0.15, 0.2) is 0 Å². The van der Waals surface area contributed by atoms with Gasteiger partial charge in [0, 0.05) is 26.1 Å². The molecule has 0 atom stereocenters. The summed E-state index contributed by atoms with van der Waals surface area (Å²) in [7, 11) is 0. The topological polar surface area (TPSA) is 40.6 Å². The molecule has 98 valence electrons. The van der Waals surface area contributed by atoms with Gasteiger partial charge in [-0.1, -0.05) is 13.8 Å². The molecular weight excluding hydrogens is 216 g/mol. The minimum absolute atomic E-state index is 0.0220. The highest BCUT2D eigenvalue weighted by Crippen LogP contribution is 2.26. The van der Waals surface area contributed by atoms with E-state index in [1.54, 1.807) is 11.8 Å². The molecule has 0 saturated heterocycles. The fraction of sp³-hybridized carbons (Fsp3) is 0.846. The van der Waals surface area contributed by atoms with Crippen LogP contribution in [-0.2, 0) is 9.59 Å². The predicted octanol–water partition coefficient (Wildman–Crippen LogP) is 1.65. The zero-order chi connectivity index (χ0) is 12.8. The van der Waals surface area contributed by atoms with Gasteiger partial charge < -0.3 is 9.80 Å². The van der Waals surface area contributed by atoms with Crippen LogP contribution in [0.15, 0.2) is 0 Å². The Bertz CT molecular complexity index is 269. The van der Waals surface area contributed by atoms with Crippen molar-refractivity contribution in [2.24, 2.45) is 0 Å². The number of rotatable bonds is 7. The SMILES string of the molecule is CCCN(CCC)C(=O)CN(C(C)=O)C1CC1. The Kier molecular flexibility index (Phi) is 5.45. The summed E-state index contributed by atoms with van der Waals surface area (Å²) in [6.45, 7) is 7.54. The second kappa shape index (κ2) is 6.62. The molecule has 4 heteroatoms. The van der Waals surface area contributed by atoms with Crippen LogP contribution in [-0.4, -0.2) is 47.3 Å². The fourth-order valence-corrected chi connectivity index (χ4v) is 2.03. The van der Waals surface area contributed by atoms with Crippen molar-refractivity contribution in [3.05, 3.63) is 0 Å². The largest absolute Gasteiger partial charge is 0.341 e. The lowest BCUT2D eigenvalue weighted by atomic mass is 10.3. The van der Waals surface area contributed by atoms with Crippen molar-refractivity contribution >= 4 is 11.8 Å². The number of carbonyl (C=O) groups is 2. The van der Waals surface area contributed by atoms with Crippen LogP contribution < -0.4 is 0 Å². The average molecular weight is 240 g/mol. The molecule has 0 radical (unpaired) electrons. The van der Waals surface area contributed by atoms with Gasteiger partial charge in [0.1, 0.15) is 0 Å². The molecule has 4 nitrogen and oxygen atoms in total. The van der Waals surface area contributed by atoms with E-state index in [0.717, 1.165) is 38.8 Å². The lowest BCUT2D eigenvalue weighted by Crippen LogP contribution is -2.43. The summed E-state index contributed by atoms with van der Waals surface area (Å²) in [6, 6.07) is 0.321. The summed E-state index contributed by atoms with van der Waals surface area (Å²) in [5.41, 5.74) is 0. The van der Waals surface area contributed by atoms with Crippen molar-refractivity contribution < 1.29 is 9.59 Å². The molecule has 0 aromatic carbocycles. The Labute approximate surface area is 104 Å². The van der Waals surface area contributed by atoms with Crippen LogP contribution in [0.5, 0.6) is 0 Å². The third kappa shape index (κ3) is 4.36. The van der Waals surface area contributed by atoms with Crippen molar-refractivity contribution in [2.75, 3.05) is 19.6 Å². The Morgan fingerprint density at radius 1 is 1.12 bits per heavy atom. The first-order chi connectivity index (χ1) is 8.10. The first kappa shape index (κ1) is 14.0. The molecule has 1 aliphatic carbocycles. The van der Waals surface area contributed by atoms with Gasteiger partial charge in [0.25, 0.3) is 0 Å². The van der Waals surface area contributed by atoms with Crippen LogP contribution in [0.4, 0.5) is 0 Å². The van der Waals surface area contributed by atoms with E-state index in [9.17, 15) is 9.59 Å². The van der Waals surface area contributed by atoms with Crippen LogP contribution in [0.25, 0.3) is 0 Å². The van der Waals surface area contributed by atoms with Crippen LogP contribution in [0.2, 0.25) is 0 Å². The molecule has 1 aliphatic rings. The maximum atomic E-state index is 12.1. The predicted molar refractivity (Wildman–Crippen MR) is 67.6 cm³/mol. The zero-order valence-electron chi connectivity index (χ0n) is 11.2. The summed E-state index contributed by atoms with van der Waals surface area (Å²) in [4.78, 5) is 27.2. The molecule has 0 N–H and O–H groups in total. The Morgan fingerprint density at radius 3 is 2.00 bits per heavy atom. The van der Waals surface area contributed by atoms with Gasteiger partial charge in [-0.15, -0.1) is 0 Å². The standard InChI is InChI=1S/C13H24N2O2/c1-4-8-14(9-5-2)13(17)10-15(11(3)16)12-6-7-12/h12H,4-10H2,1-3H3. The second-order valence-electron chi connectivity index (χ2n) is 4.76. The number of hydrogen-bond acceptors (Lipinski definition) is 2. The smallest absolute Gasteiger partial charge is 0.242 e. The Morgan fingerprint density at radius 2 is 1.65 bits per heavy atom. The molecule has 0 bridgehead atoms. The summed E-state index contributed by atoms with van der Waals surface area (Å²) in [6.07, 6.45) is 4.04. The fourth-order valence-electron chi connectivity index (χ4n) is 2.03. The molecule has 0 aromatic heterocycles. The van der Waals surface area contributed by atoms with Crippen LogP contribution in [0.3, 0.4) is 0 Å². The molecule has 0 aromatic rings. The summed E-state index contributed by atoms with van der Waals surface area (Å²) in [5, 5.41) is 0. The third-order valence-corrected chi connectivity index (χ3v) is 3.04. The van der Waals surface area contributed by atoms with Crippen LogP contribution in [0.1, 0.15) is 46.5 Å². The van der Waals surface area contributed by atoms with E-state index in [1.165, 1.54) is 0 Å². The lowest BCUT2D eigenvalue weighted by molar-refractivity contribution is -0.139. The van der Waals surface area contributed by atoms with Gasteiger partial charge in [-0.25, -0.2) is 0 Å². The highest BCUT2D eigenvalue weighted by molar-refractivity contribution is 5.84. The normalized spacial score (nSPS) is 14.5. The van der Waals surface area contributed by atoms with E-state index in [2.05, 4.69) is 13.8 Å². The third-order valence-electron chi connectivity index (χ3n) is 3.04.